The maximum absolute atomic E-state index is 4.48. The summed E-state index contributed by atoms with van der Waals surface area (Å²) in [7, 11) is 4.11. The summed E-state index contributed by atoms with van der Waals surface area (Å²) in [6.07, 6.45) is 4.57. The van der Waals surface area contributed by atoms with E-state index in [0.29, 0.717) is 6.04 Å². The summed E-state index contributed by atoms with van der Waals surface area (Å²) in [4.78, 5) is 16.1. The number of guanidine groups is 1. The number of pyridine rings is 1. The first-order valence-corrected chi connectivity index (χ1v) is 9.02. The van der Waals surface area contributed by atoms with Crippen LogP contribution in [0.15, 0.2) is 29.4 Å². The number of aromatic nitrogens is 1. The normalized spacial score (nSPS) is 20.4. The second-order valence-corrected chi connectivity index (χ2v) is 6.84. The Bertz CT molecular complexity index is 534. The molecular weight excluding hydrogens is 300 g/mol. The molecule has 24 heavy (non-hydrogen) atoms. The standard InChI is InChI=1S/C18H30N6/c1-15(22(3)16-7-8-16)14-21-18(19-2)24-12-10-23(11-13-24)17-6-4-5-9-20-17/h4-6,9,15-16H,7-8,10-14H2,1-3H3,(H,19,21). The summed E-state index contributed by atoms with van der Waals surface area (Å²) in [6.45, 7) is 7.15. The molecule has 1 atom stereocenters. The van der Waals surface area contributed by atoms with Gasteiger partial charge in [-0.05, 0) is 38.9 Å². The molecule has 1 aliphatic heterocycles. The number of aliphatic imine (C=N–C) groups is 1. The lowest BCUT2D eigenvalue weighted by atomic mass is 10.3. The molecule has 6 nitrogen and oxygen atoms in total. The fourth-order valence-electron chi connectivity index (χ4n) is 3.25. The van der Waals surface area contributed by atoms with E-state index < -0.39 is 0 Å². The predicted octanol–water partition coefficient (Wildman–Crippen LogP) is 1.26. The van der Waals surface area contributed by atoms with Crippen molar-refractivity contribution in [3.63, 3.8) is 0 Å². The molecule has 0 amide bonds. The van der Waals surface area contributed by atoms with Crippen molar-refractivity contribution in [3.05, 3.63) is 24.4 Å². The summed E-state index contributed by atoms with van der Waals surface area (Å²) in [6, 6.07) is 7.42. The van der Waals surface area contributed by atoms with Crippen molar-refractivity contribution >= 4 is 11.8 Å². The Morgan fingerprint density at radius 3 is 2.67 bits per heavy atom. The van der Waals surface area contributed by atoms with Gasteiger partial charge >= 0.3 is 0 Å². The molecule has 2 heterocycles. The van der Waals surface area contributed by atoms with Gasteiger partial charge in [0.25, 0.3) is 0 Å². The van der Waals surface area contributed by atoms with Crippen LogP contribution in [0.2, 0.25) is 0 Å². The first-order valence-electron chi connectivity index (χ1n) is 9.02. The van der Waals surface area contributed by atoms with Crippen molar-refractivity contribution in [2.24, 2.45) is 4.99 Å². The second kappa shape index (κ2) is 7.83. The van der Waals surface area contributed by atoms with Gasteiger partial charge in [0.15, 0.2) is 5.96 Å². The minimum atomic E-state index is 0.532. The summed E-state index contributed by atoms with van der Waals surface area (Å²) < 4.78 is 0. The van der Waals surface area contributed by atoms with Gasteiger partial charge in [-0.15, -0.1) is 0 Å². The van der Waals surface area contributed by atoms with Gasteiger partial charge < -0.3 is 15.1 Å². The van der Waals surface area contributed by atoms with E-state index in [-0.39, 0.29) is 0 Å². The number of piperazine rings is 1. The highest BCUT2D eigenvalue weighted by Gasteiger charge is 2.29. The third kappa shape index (κ3) is 4.17. The van der Waals surface area contributed by atoms with Gasteiger partial charge in [-0.3, -0.25) is 9.89 Å². The predicted molar refractivity (Wildman–Crippen MR) is 99.6 cm³/mol. The number of likely N-dealkylation sites (N-methyl/N-ethyl adjacent to an activating group) is 1. The van der Waals surface area contributed by atoms with E-state index in [1.54, 1.807) is 0 Å². The fourth-order valence-corrected chi connectivity index (χ4v) is 3.25. The van der Waals surface area contributed by atoms with Crippen LogP contribution in [0.25, 0.3) is 0 Å². The first-order chi connectivity index (χ1) is 11.7. The molecule has 1 N–H and O–H groups in total. The Balaban J connectivity index is 1.47. The molecule has 0 spiro atoms. The summed E-state index contributed by atoms with van der Waals surface area (Å²) >= 11 is 0. The highest BCUT2D eigenvalue weighted by molar-refractivity contribution is 5.80. The maximum Gasteiger partial charge on any atom is 0.193 e. The quantitative estimate of drug-likeness (QED) is 0.651. The molecule has 2 fully saturated rings. The third-order valence-corrected chi connectivity index (χ3v) is 5.14. The molecule has 3 rings (SSSR count). The van der Waals surface area contributed by atoms with Gasteiger partial charge in [0.2, 0.25) is 0 Å². The lowest BCUT2D eigenvalue weighted by Gasteiger charge is -2.37. The number of anilines is 1. The molecule has 0 aromatic carbocycles. The van der Waals surface area contributed by atoms with Gasteiger partial charge in [0, 0.05) is 58.1 Å². The largest absolute Gasteiger partial charge is 0.355 e. The summed E-state index contributed by atoms with van der Waals surface area (Å²) in [5, 5.41) is 3.56. The molecule has 132 valence electrons. The van der Waals surface area contributed by atoms with Gasteiger partial charge in [0.05, 0.1) is 0 Å². The van der Waals surface area contributed by atoms with E-state index in [0.717, 1.165) is 50.5 Å². The number of nitrogens with zero attached hydrogens (tertiary/aromatic N) is 5. The van der Waals surface area contributed by atoms with E-state index >= 15 is 0 Å². The molecular formula is C18H30N6. The number of rotatable bonds is 5. The summed E-state index contributed by atoms with van der Waals surface area (Å²) in [5.74, 6) is 2.09. The van der Waals surface area contributed by atoms with Crippen LogP contribution in [-0.4, -0.2) is 79.6 Å². The number of hydrogen-bond acceptors (Lipinski definition) is 4. The van der Waals surface area contributed by atoms with Crippen LogP contribution in [0, 0.1) is 0 Å². The third-order valence-electron chi connectivity index (χ3n) is 5.14. The van der Waals surface area contributed by atoms with Crippen LogP contribution < -0.4 is 10.2 Å². The lowest BCUT2D eigenvalue weighted by Crippen LogP contribution is -2.54. The molecule has 1 aliphatic carbocycles. The van der Waals surface area contributed by atoms with E-state index in [4.69, 9.17) is 0 Å². The van der Waals surface area contributed by atoms with Gasteiger partial charge in [0.1, 0.15) is 5.82 Å². The topological polar surface area (TPSA) is 47.0 Å². The average molecular weight is 330 g/mol. The van der Waals surface area contributed by atoms with Crippen molar-refractivity contribution in [1.82, 2.24) is 20.1 Å². The molecule has 0 bridgehead atoms. The molecule has 1 aromatic rings. The van der Waals surface area contributed by atoms with E-state index in [2.05, 4.69) is 50.0 Å². The molecule has 0 radical (unpaired) electrons. The Hall–Kier alpha value is -1.82. The molecule has 1 saturated heterocycles. The van der Waals surface area contributed by atoms with Crippen molar-refractivity contribution < 1.29 is 0 Å². The summed E-state index contributed by atoms with van der Waals surface area (Å²) in [5.41, 5.74) is 0. The van der Waals surface area contributed by atoms with Crippen LogP contribution in [-0.2, 0) is 0 Å². The van der Waals surface area contributed by atoms with Crippen LogP contribution in [0.1, 0.15) is 19.8 Å². The van der Waals surface area contributed by atoms with E-state index in [1.165, 1.54) is 12.8 Å². The highest BCUT2D eigenvalue weighted by Crippen LogP contribution is 2.26. The second-order valence-electron chi connectivity index (χ2n) is 6.84. The Morgan fingerprint density at radius 1 is 1.33 bits per heavy atom. The van der Waals surface area contributed by atoms with Gasteiger partial charge in [-0.25, -0.2) is 4.98 Å². The van der Waals surface area contributed by atoms with Gasteiger partial charge in [-0.2, -0.15) is 0 Å². The number of hydrogen-bond donors (Lipinski definition) is 1. The zero-order chi connectivity index (χ0) is 16.9. The van der Waals surface area contributed by atoms with Crippen molar-refractivity contribution in [2.75, 3.05) is 51.7 Å². The monoisotopic (exact) mass is 330 g/mol. The smallest absolute Gasteiger partial charge is 0.193 e. The van der Waals surface area contributed by atoms with Crippen LogP contribution in [0.4, 0.5) is 5.82 Å². The zero-order valence-corrected chi connectivity index (χ0v) is 15.1. The Kier molecular flexibility index (Phi) is 5.56. The minimum Gasteiger partial charge on any atom is -0.355 e. The molecule has 1 unspecified atom stereocenters. The fraction of sp³-hybridized carbons (Fsp3) is 0.667. The van der Waals surface area contributed by atoms with Crippen molar-refractivity contribution in [1.29, 1.82) is 0 Å². The maximum atomic E-state index is 4.48. The molecule has 6 heteroatoms. The molecule has 2 aliphatic rings. The van der Waals surface area contributed by atoms with E-state index in [1.807, 2.05) is 25.4 Å². The van der Waals surface area contributed by atoms with Gasteiger partial charge in [-0.1, -0.05) is 6.07 Å². The number of nitrogens with one attached hydrogen (secondary N) is 1. The SMILES string of the molecule is CN=C(NCC(C)N(C)C1CC1)N1CCN(c2ccccn2)CC1. The highest BCUT2D eigenvalue weighted by atomic mass is 15.4. The molecule has 1 saturated carbocycles. The van der Waals surface area contributed by atoms with Crippen LogP contribution in [0.5, 0.6) is 0 Å². The van der Waals surface area contributed by atoms with Crippen LogP contribution >= 0.6 is 0 Å². The lowest BCUT2D eigenvalue weighted by molar-refractivity contribution is 0.245. The van der Waals surface area contributed by atoms with E-state index in [9.17, 15) is 0 Å². The first kappa shape index (κ1) is 17.0. The average Bonchev–Trinajstić information content (AvgIpc) is 3.48. The Labute approximate surface area is 145 Å². The van der Waals surface area contributed by atoms with Crippen LogP contribution in [0.3, 0.4) is 0 Å². The Morgan fingerprint density at radius 2 is 2.08 bits per heavy atom. The van der Waals surface area contributed by atoms with Crippen molar-refractivity contribution in [3.8, 4) is 0 Å². The minimum absolute atomic E-state index is 0.532. The molecule has 1 aromatic heterocycles. The van der Waals surface area contributed by atoms with Crippen molar-refractivity contribution in [2.45, 2.75) is 31.8 Å². The zero-order valence-electron chi connectivity index (χ0n) is 15.1.